The largest absolute Gasteiger partial charge is 0.750 e. The van der Waals surface area contributed by atoms with Crippen LogP contribution in [0.25, 0.3) is 22.0 Å². The van der Waals surface area contributed by atoms with Crippen LogP contribution in [-0.4, -0.2) is 27.1 Å². The minimum atomic E-state index is -3.14. The van der Waals surface area contributed by atoms with Crippen LogP contribution in [0.4, 0.5) is 4.39 Å². The van der Waals surface area contributed by atoms with Crippen molar-refractivity contribution in [1.29, 1.82) is 0 Å². The number of rotatable bonds is 7. The molecule has 0 saturated heterocycles. The number of carbonyl (C=O) groups excluding carboxylic acids is 1. The predicted octanol–water partition coefficient (Wildman–Crippen LogP) is 4.83. The average Bonchev–Trinajstić information content (AvgIpc) is 2.73. The van der Waals surface area contributed by atoms with E-state index in [1.807, 2.05) is 38.1 Å². The summed E-state index contributed by atoms with van der Waals surface area (Å²) in [7, 11) is -3.14. The zero-order valence-corrected chi connectivity index (χ0v) is 18.4. The highest BCUT2D eigenvalue weighted by molar-refractivity contribution is 7.32. The maximum Gasteiger partial charge on any atom is 0.750 e. The highest BCUT2D eigenvalue weighted by atomic mass is 31.1. The molecule has 8 heteroatoms. The maximum absolute atomic E-state index is 13.6. The summed E-state index contributed by atoms with van der Waals surface area (Å²) in [6.45, 7) is 3.86. The van der Waals surface area contributed by atoms with Gasteiger partial charge in [0.2, 0.25) is 0 Å². The van der Waals surface area contributed by atoms with Crippen LogP contribution in [0.1, 0.15) is 43.4 Å². The molecule has 164 valence electrons. The number of aliphatic hydroxyl groups excluding tert-OH is 1. The number of aliphatic hydroxyl groups is 1. The Kier molecular flexibility index (Phi) is 7.32. The van der Waals surface area contributed by atoms with Crippen LogP contribution in [0.3, 0.4) is 0 Å². The minimum Gasteiger partial charge on any atom is -0.391 e. The van der Waals surface area contributed by atoms with Crippen molar-refractivity contribution in [3.63, 3.8) is 0 Å². The van der Waals surface area contributed by atoms with Crippen LogP contribution in [0.5, 0.6) is 0 Å². The fourth-order valence-electron chi connectivity index (χ4n) is 3.73. The number of fused-ring (bicyclic) bond motifs is 1. The summed E-state index contributed by atoms with van der Waals surface area (Å²) in [4.78, 5) is 25.5. The van der Waals surface area contributed by atoms with Gasteiger partial charge in [-0.25, -0.2) is 9.18 Å². The molecule has 3 unspecified atom stereocenters. The molecule has 2 aromatic carbocycles. The molecule has 1 aromatic heterocycles. The number of para-hydroxylation sites is 1. The number of halogens is 1. The van der Waals surface area contributed by atoms with E-state index in [-0.39, 0.29) is 5.92 Å². The number of benzene rings is 2. The predicted molar refractivity (Wildman–Crippen MR) is 119 cm³/mol. The van der Waals surface area contributed by atoms with Gasteiger partial charge in [0, 0.05) is 21.2 Å². The van der Waals surface area contributed by atoms with Gasteiger partial charge < -0.3 is 5.11 Å². The first-order chi connectivity index (χ1) is 15.2. The van der Waals surface area contributed by atoms with Gasteiger partial charge in [-0.15, -0.1) is 11.3 Å². The molecular weight excluding hydrogens is 432 g/mol. The van der Waals surface area contributed by atoms with Crippen molar-refractivity contribution in [2.75, 3.05) is 0 Å². The molecule has 2 N–H and O–H groups in total. The van der Waals surface area contributed by atoms with E-state index in [9.17, 15) is 18.9 Å². The van der Waals surface area contributed by atoms with E-state index in [0.717, 1.165) is 5.39 Å². The summed E-state index contributed by atoms with van der Waals surface area (Å²) in [5.74, 6) is 0.0383. The third kappa shape index (κ3) is 5.00. The van der Waals surface area contributed by atoms with Gasteiger partial charge >= 0.3 is 14.2 Å². The summed E-state index contributed by atoms with van der Waals surface area (Å²) in [5, 5.41) is 11.6. The van der Waals surface area contributed by atoms with Crippen LogP contribution in [-0.2, 0) is 13.9 Å². The average molecular weight is 454 g/mol. The minimum absolute atomic E-state index is 0.0873. The first-order valence-electron chi connectivity index (χ1n) is 9.92. The van der Waals surface area contributed by atoms with Crippen molar-refractivity contribution in [3.05, 3.63) is 65.6 Å². The van der Waals surface area contributed by atoms with E-state index in [4.69, 9.17) is 16.3 Å². The highest BCUT2D eigenvalue weighted by Gasteiger charge is 2.32. The second-order valence-electron chi connectivity index (χ2n) is 7.58. The van der Waals surface area contributed by atoms with Gasteiger partial charge in [-0.2, -0.15) is 4.52 Å². The molecule has 32 heavy (non-hydrogen) atoms. The molecule has 1 heterocycles. The number of hydrogen-bond donors (Lipinski definition) is 2. The highest BCUT2D eigenvalue weighted by Crippen LogP contribution is 2.41. The van der Waals surface area contributed by atoms with E-state index >= 15 is 0 Å². The smallest absolute Gasteiger partial charge is 0.391 e. The van der Waals surface area contributed by atoms with E-state index < -0.39 is 38.5 Å². The summed E-state index contributed by atoms with van der Waals surface area (Å²) >= 11 is 0. The van der Waals surface area contributed by atoms with Gasteiger partial charge in [-0.1, -0.05) is 50.1 Å². The lowest BCUT2D eigenvalue weighted by Gasteiger charge is -2.26. The Morgan fingerprint density at radius 3 is 2.47 bits per heavy atom. The second-order valence-corrected chi connectivity index (χ2v) is 8.24. The molecule has 0 spiro atoms. The Bertz CT molecular complexity index is 1200. The molecular formula is C24H22FNO5P+. The Morgan fingerprint density at radius 1 is 1.22 bits per heavy atom. The Morgan fingerprint density at radius 2 is 1.88 bits per heavy atom. The Labute approximate surface area is 186 Å². The quantitative estimate of drug-likeness (QED) is 0.392. The molecule has 3 rings (SSSR count). The zero-order valence-electron chi connectivity index (χ0n) is 17.5. The third-order valence-electron chi connectivity index (χ3n) is 5.07. The molecule has 0 fully saturated rings. The number of carbonyl (C=O) groups is 1. The van der Waals surface area contributed by atoms with E-state index in [2.05, 4.69) is 10.4 Å². The first kappa shape index (κ1) is 23.5. The number of hydrogen-bond acceptors (Lipinski definition) is 5. The first-order valence-corrected chi connectivity index (χ1v) is 11.1. The van der Waals surface area contributed by atoms with Gasteiger partial charge in [-0.3, -0.25) is 4.98 Å². The fraction of sp³-hybridized carbons (Fsp3) is 0.250. The SMILES string of the molecule is C#CC(c1c(C(C)C)nc2ccccc2c1-c1ccc(F)cc1)C(O)CC(=O)O[P+](=O)O. The third-order valence-corrected chi connectivity index (χ3v) is 5.43. The molecule has 0 aliphatic heterocycles. The number of aromatic nitrogens is 1. The summed E-state index contributed by atoms with van der Waals surface area (Å²) in [6.07, 6.45) is 3.83. The van der Waals surface area contributed by atoms with Crippen molar-refractivity contribution < 1.29 is 28.3 Å². The number of nitrogens with zero attached hydrogens (tertiary/aromatic N) is 1. The molecule has 0 aliphatic rings. The maximum atomic E-state index is 13.6. The number of pyridine rings is 1. The standard InChI is InChI=1S/C24H21FNO5P/c1-4-17(20(27)13-21(28)31-32(29)30)23-22(15-9-11-16(25)12-10-15)18-7-5-6-8-19(18)26-24(23)14(2)3/h1,5-12,14,17,20,27H,13H2,2-3H3/p+1. The van der Waals surface area contributed by atoms with Crippen LogP contribution in [0.2, 0.25) is 0 Å². The van der Waals surface area contributed by atoms with Gasteiger partial charge in [0.1, 0.15) is 5.82 Å². The van der Waals surface area contributed by atoms with Crippen molar-refractivity contribution >= 4 is 25.1 Å². The van der Waals surface area contributed by atoms with Gasteiger partial charge in [-0.05, 0) is 35.2 Å². The number of terminal acetylenes is 1. The summed E-state index contributed by atoms with van der Waals surface area (Å²) < 4.78 is 28.7. The van der Waals surface area contributed by atoms with Crippen molar-refractivity contribution in [1.82, 2.24) is 4.98 Å². The summed E-state index contributed by atoms with van der Waals surface area (Å²) in [6, 6.07) is 13.3. The molecule has 0 saturated carbocycles. The zero-order chi connectivity index (χ0) is 23.4. The van der Waals surface area contributed by atoms with Crippen LogP contribution in [0, 0.1) is 18.2 Å². The van der Waals surface area contributed by atoms with Gasteiger partial charge in [0.15, 0.2) is 0 Å². The fourth-order valence-corrected chi connectivity index (χ4v) is 3.98. The van der Waals surface area contributed by atoms with E-state index in [0.29, 0.717) is 27.9 Å². The molecule has 3 atom stereocenters. The van der Waals surface area contributed by atoms with Gasteiger partial charge in [0.05, 0.1) is 24.0 Å². The molecule has 0 amide bonds. The topological polar surface area (TPSA) is 96.7 Å². The lowest BCUT2D eigenvalue weighted by atomic mass is 9.81. The van der Waals surface area contributed by atoms with Gasteiger partial charge in [0.25, 0.3) is 0 Å². The summed E-state index contributed by atoms with van der Waals surface area (Å²) in [5.41, 5.74) is 3.24. The van der Waals surface area contributed by atoms with Crippen molar-refractivity contribution in [2.45, 2.75) is 38.2 Å². The lowest BCUT2D eigenvalue weighted by Crippen LogP contribution is -2.24. The molecule has 0 radical (unpaired) electrons. The lowest BCUT2D eigenvalue weighted by molar-refractivity contribution is -0.136. The van der Waals surface area contributed by atoms with Crippen molar-refractivity contribution in [2.24, 2.45) is 0 Å². The monoisotopic (exact) mass is 454 g/mol. The van der Waals surface area contributed by atoms with Crippen LogP contribution >= 0.6 is 8.25 Å². The van der Waals surface area contributed by atoms with E-state index in [1.165, 1.54) is 12.1 Å². The van der Waals surface area contributed by atoms with Crippen molar-refractivity contribution in [3.8, 4) is 23.5 Å². The molecule has 0 aliphatic carbocycles. The molecule has 3 aromatic rings. The van der Waals surface area contributed by atoms with Crippen LogP contribution in [0.15, 0.2) is 48.5 Å². The molecule has 0 bridgehead atoms. The molecule has 6 nitrogen and oxygen atoms in total. The Hall–Kier alpha value is -3.17. The van der Waals surface area contributed by atoms with E-state index in [1.54, 1.807) is 12.1 Å². The second kappa shape index (κ2) is 9.97. The Balaban J connectivity index is 2.27. The van der Waals surface area contributed by atoms with Crippen LogP contribution < -0.4 is 0 Å². The normalized spacial score (nSPS) is 13.5.